The molecule has 1 heterocycles. The first-order valence-corrected chi connectivity index (χ1v) is 7.43. The fourth-order valence-corrected chi connectivity index (χ4v) is 1.98. The van der Waals surface area contributed by atoms with Crippen molar-refractivity contribution in [1.29, 1.82) is 0 Å². The lowest BCUT2D eigenvalue weighted by Gasteiger charge is -2.05. The third-order valence-electron chi connectivity index (χ3n) is 3.17. The largest absolute Gasteiger partial charge is 0.497 e. The highest BCUT2D eigenvalue weighted by Crippen LogP contribution is 2.14. The van der Waals surface area contributed by atoms with Crippen LogP contribution in [0.1, 0.15) is 23.8 Å². The Labute approximate surface area is 142 Å². The number of halogens is 1. The minimum Gasteiger partial charge on any atom is -0.497 e. The first-order chi connectivity index (χ1) is 10.7. The van der Waals surface area contributed by atoms with Gasteiger partial charge in [0, 0.05) is 19.3 Å². The molecular weight excluding hydrogens is 316 g/mol. The van der Waals surface area contributed by atoms with E-state index in [1.807, 2.05) is 24.3 Å². The molecule has 0 radical (unpaired) electrons. The Morgan fingerprint density at radius 1 is 1.17 bits per heavy atom. The Bertz CT molecular complexity index is 598. The van der Waals surface area contributed by atoms with E-state index < -0.39 is 0 Å². The maximum atomic E-state index is 12.0. The van der Waals surface area contributed by atoms with Crippen LogP contribution in [0.5, 0.6) is 5.75 Å². The molecule has 2 rings (SSSR count). The molecular formula is C16H23ClN4O2. The smallest absolute Gasteiger partial charge is 0.271 e. The van der Waals surface area contributed by atoms with Crippen LogP contribution in [0.3, 0.4) is 0 Å². The summed E-state index contributed by atoms with van der Waals surface area (Å²) < 4.78 is 6.79. The number of ether oxygens (including phenoxy) is 1. The highest BCUT2D eigenvalue weighted by molar-refractivity contribution is 5.92. The van der Waals surface area contributed by atoms with E-state index in [2.05, 4.69) is 22.7 Å². The van der Waals surface area contributed by atoms with Gasteiger partial charge in [0.05, 0.1) is 12.8 Å². The van der Waals surface area contributed by atoms with Crippen LogP contribution in [0.25, 0.3) is 5.69 Å². The molecule has 2 N–H and O–H groups in total. The SMILES string of the molecule is CCCNCCNC(=O)c1ccn(-c2ccc(OC)cc2)n1.Cl. The maximum Gasteiger partial charge on any atom is 0.271 e. The molecule has 0 aliphatic heterocycles. The molecule has 0 atom stereocenters. The van der Waals surface area contributed by atoms with Gasteiger partial charge in [0.1, 0.15) is 5.75 Å². The average molecular weight is 339 g/mol. The molecule has 0 saturated heterocycles. The molecule has 7 heteroatoms. The third kappa shape index (κ3) is 5.58. The Kier molecular flexibility index (Phi) is 8.15. The molecule has 0 unspecified atom stereocenters. The molecule has 0 aliphatic rings. The van der Waals surface area contributed by atoms with Crippen molar-refractivity contribution >= 4 is 18.3 Å². The van der Waals surface area contributed by atoms with Crippen molar-refractivity contribution in [2.24, 2.45) is 0 Å². The number of carbonyl (C=O) groups excluding carboxylic acids is 1. The van der Waals surface area contributed by atoms with Gasteiger partial charge in [0.25, 0.3) is 5.91 Å². The normalized spacial score (nSPS) is 10.0. The molecule has 0 aliphatic carbocycles. The first kappa shape index (κ1) is 19.0. The number of amides is 1. The predicted octanol–water partition coefficient (Wildman–Crippen LogP) is 2.03. The lowest BCUT2D eigenvalue weighted by atomic mass is 10.3. The molecule has 0 fully saturated rings. The van der Waals surface area contributed by atoms with E-state index in [0.717, 1.165) is 30.9 Å². The minimum absolute atomic E-state index is 0. The number of rotatable bonds is 8. The molecule has 1 aromatic carbocycles. The first-order valence-electron chi connectivity index (χ1n) is 7.43. The standard InChI is InChI=1S/C16H22N4O2.ClH/c1-3-9-17-10-11-18-16(21)15-8-12-20(19-15)13-4-6-14(22-2)7-5-13;/h4-8,12,17H,3,9-11H2,1-2H3,(H,18,21);1H. The molecule has 0 spiro atoms. The van der Waals surface area contributed by atoms with Crippen LogP contribution in [-0.4, -0.2) is 42.4 Å². The third-order valence-corrected chi connectivity index (χ3v) is 3.17. The number of carbonyl (C=O) groups is 1. The van der Waals surface area contributed by atoms with E-state index in [0.29, 0.717) is 12.2 Å². The Morgan fingerprint density at radius 3 is 2.57 bits per heavy atom. The van der Waals surface area contributed by atoms with E-state index >= 15 is 0 Å². The molecule has 2 aromatic rings. The van der Waals surface area contributed by atoms with E-state index in [1.165, 1.54) is 0 Å². The second kappa shape index (κ2) is 9.86. The summed E-state index contributed by atoms with van der Waals surface area (Å²) in [5.74, 6) is 0.624. The van der Waals surface area contributed by atoms with Crippen molar-refractivity contribution in [2.75, 3.05) is 26.7 Å². The Hall–Kier alpha value is -2.05. The van der Waals surface area contributed by atoms with Crippen LogP contribution in [-0.2, 0) is 0 Å². The predicted molar refractivity (Wildman–Crippen MR) is 92.9 cm³/mol. The van der Waals surface area contributed by atoms with Gasteiger partial charge in [-0.1, -0.05) is 6.92 Å². The van der Waals surface area contributed by atoms with Crippen molar-refractivity contribution in [3.63, 3.8) is 0 Å². The average Bonchev–Trinajstić information content (AvgIpc) is 3.04. The summed E-state index contributed by atoms with van der Waals surface area (Å²) in [6.07, 6.45) is 2.85. The lowest BCUT2D eigenvalue weighted by Crippen LogP contribution is -2.32. The second-order valence-electron chi connectivity index (χ2n) is 4.85. The zero-order valence-corrected chi connectivity index (χ0v) is 14.2. The van der Waals surface area contributed by atoms with Gasteiger partial charge in [-0.2, -0.15) is 5.10 Å². The molecule has 23 heavy (non-hydrogen) atoms. The van der Waals surface area contributed by atoms with Crippen molar-refractivity contribution in [3.05, 3.63) is 42.2 Å². The minimum atomic E-state index is -0.162. The fourth-order valence-electron chi connectivity index (χ4n) is 1.98. The van der Waals surface area contributed by atoms with E-state index in [9.17, 15) is 4.79 Å². The van der Waals surface area contributed by atoms with Gasteiger partial charge in [0.2, 0.25) is 0 Å². The number of aromatic nitrogens is 2. The highest BCUT2D eigenvalue weighted by Gasteiger charge is 2.09. The Morgan fingerprint density at radius 2 is 1.91 bits per heavy atom. The summed E-state index contributed by atoms with van der Waals surface area (Å²) >= 11 is 0. The number of nitrogens with zero attached hydrogens (tertiary/aromatic N) is 2. The van der Waals surface area contributed by atoms with Crippen LogP contribution >= 0.6 is 12.4 Å². The quantitative estimate of drug-likeness (QED) is 0.723. The zero-order chi connectivity index (χ0) is 15.8. The molecule has 1 amide bonds. The lowest BCUT2D eigenvalue weighted by molar-refractivity contribution is 0.0948. The van der Waals surface area contributed by atoms with Crippen molar-refractivity contribution in [1.82, 2.24) is 20.4 Å². The van der Waals surface area contributed by atoms with Gasteiger partial charge in [0.15, 0.2) is 5.69 Å². The number of nitrogens with one attached hydrogen (secondary N) is 2. The van der Waals surface area contributed by atoms with Crippen LogP contribution in [0.15, 0.2) is 36.5 Å². The molecule has 0 bridgehead atoms. The second-order valence-corrected chi connectivity index (χ2v) is 4.85. The van der Waals surface area contributed by atoms with E-state index in [4.69, 9.17) is 4.74 Å². The van der Waals surface area contributed by atoms with Gasteiger partial charge < -0.3 is 15.4 Å². The summed E-state index contributed by atoms with van der Waals surface area (Å²) in [6.45, 7) is 4.42. The number of hydrogen-bond acceptors (Lipinski definition) is 4. The number of benzene rings is 1. The monoisotopic (exact) mass is 338 g/mol. The summed E-state index contributed by atoms with van der Waals surface area (Å²) in [7, 11) is 1.63. The molecule has 1 aromatic heterocycles. The summed E-state index contributed by atoms with van der Waals surface area (Å²) in [4.78, 5) is 12.0. The van der Waals surface area contributed by atoms with Crippen molar-refractivity contribution in [3.8, 4) is 11.4 Å². The maximum absolute atomic E-state index is 12.0. The van der Waals surface area contributed by atoms with Crippen molar-refractivity contribution < 1.29 is 9.53 Å². The van der Waals surface area contributed by atoms with Crippen LogP contribution < -0.4 is 15.4 Å². The topological polar surface area (TPSA) is 68.2 Å². The molecule has 6 nitrogen and oxygen atoms in total. The number of methoxy groups -OCH3 is 1. The fraction of sp³-hybridized carbons (Fsp3) is 0.375. The van der Waals surface area contributed by atoms with Gasteiger partial charge in [-0.25, -0.2) is 4.68 Å². The summed E-state index contributed by atoms with van der Waals surface area (Å²) in [5.41, 5.74) is 1.29. The highest BCUT2D eigenvalue weighted by atomic mass is 35.5. The number of hydrogen-bond donors (Lipinski definition) is 2. The zero-order valence-electron chi connectivity index (χ0n) is 13.4. The van der Waals surface area contributed by atoms with Gasteiger partial charge in [-0.15, -0.1) is 12.4 Å². The van der Waals surface area contributed by atoms with Crippen LogP contribution in [0.4, 0.5) is 0 Å². The van der Waals surface area contributed by atoms with Gasteiger partial charge in [-0.3, -0.25) is 4.79 Å². The Balaban J connectivity index is 0.00000264. The summed E-state index contributed by atoms with van der Waals surface area (Å²) in [6, 6.07) is 9.20. The van der Waals surface area contributed by atoms with Crippen LogP contribution in [0.2, 0.25) is 0 Å². The van der Waals surface area contributed by atoms with E-state index in [1.54, 1.807) is 24.1 Å². The van der Waals surface area contributed by atoms with E-state index in [-0.39, 0.29) is 18.3 Å². The molecule has 0 saturated carbocycles. The van der Waals surface area contributed by atoms with Crippen molar-refractivity contribution in [2.45, 2.75) is 13.3 Å². The summed E-state index contributed by atoms with van der Waals surface area (Å²) in [5, 5.41) is 10.4. The molecule has 126 valence electrons. The van der Waals surface area contributed by atoms with Gasteiger partial charge in [-0.05, 0) is 43.3 Å². The van der Waals surface area contributed by atoms with Gasteiger partial charge >= 0.3 is 0 Å². The van der Waals surface area contributed by atoms with Crippen LogP contribution in [0, 0.1) is 0 Å².